The van der Waals surface area contributed by atoms with E-state index in [2.05, 4.69) is 4.40 Å². The molecule has 2 aromatic carbocycles. The lowest BCUT2D eigenvalue weighted by Crippen LogP contribution is -2.23. The Hall–Kier alpha value is -2.45. The number of carbonyl (C=O) groups is 1. The van der Waals surface area contributed by atoms with Gasteiger partial charge in [0.2, 0.25) is 4.80 Å². The molecule has 1 aromatic heterocycles. The fourth-order valence-corrected chi connectivity index (χ4v) is 4.96. The van der Waals surface area contributed by atoms with Crippen molar-refractivity contribution in [2.75, 3.05) is 6.61 Å². The second-order valence-electron chi connectivity index (χ2n) is 5.81. The van der Waals surface area contributed by atoms with Gasteiger partial charge in [0, 0.05) is 0 Å². The van der Waals surface area contributed by atoms with Crippen LogP contribution in [0.25, 0.3) is 10.2 Å². The Morgan fingerprint density at radius 2 is 1.89 bits per heavy atom. The molecule has 3 aromatic rings. The highest BCUT2D eigenvalue weighted by molar-refractivity contribution is 7.90. The molecule has 1 heterocycles. The van der Waals surface area contributed by atoms with Gasteiger partial charge in [-0.2, -0.15) is 8.42 Å². The van der Waals surface area contributed by atoms with Crippen LogP contribution in [0.2, 0.25) is 0 Å². The number of ether oxygens (including phenoxy) is 1. The van der Waals surface area contributed by atoms with E-state index in [0.29, 0.717) is 0 Å². The van der Waals surface area contributed by atoms with Crippen molar-refractivity contribution in [3.63, 3.8) is 0 Å². The highest BCUT2D eigenvalue weighted by Gasteiger charge is 2.16. The van der Waals surface area contributed by atoms with Crippen molar-refractivity contribution >= 4 is 37.5 Å². The van der Waals surface area contributed by atoms with Crippen molar-refractivity contribution in [1.82, 2.24) is 4.57 Å². The van der Waals surface area contributed by atoms with Gasteiger partial charge in [-0.15, -0.1) is 4.40 Å². The maximum Gasteiger partial charge on any atom is 0.326 e. The molecule has 8 heteroatoms. The summed E-state index contributed by atoms with van der Waals surface area (Å²) in [6, 6.07) is 13.9. The number of thiazole rings is 1. The minimum atomic E-state index is -3.88. The Morgan fingerprint density at radius 3 is 2.56 bits per heavy atom. The van der Waals surface area contributed by atoms with Crippen molar-refractivity contribution in [3.8, 4) is 0 Å². The van der Waals surface area contributed by atoms with E-state index in [1.165, 1.54) is 23.5 Å². The molecule has 0 aliphatic carbocycles. The molecule has 0 spiro atoms. The van der Waals surface area contributed by atoms with E-state index < -0.39 is 16.0 Å². The molecule has 0 unspecified atom stereocenters. The Morgan fingerprint density at radius 1 is 1.15 bits per heavy atom. The summed E-state index contributed by atoms with van der Waals surface area (Å²) in [6.45, 7) is 3.94. The van der Waals surface area contributed by atoms with E-state index in [0.717, 1.165) is 22.2 Å². The second kappa shape index (κ2) is 8.06. The summed E-state index contributed by atoms with van der Waals surface area (Å²) in [5.74, 6) is -0.435. The van der Waals surface area contributed by atoms with E-state index in [1.807, 2.05) is 25.1 Å². The lowest BCUT2D eigenvalue weighted by Gasteiger charge is -2.05. The average Bonchev–Trinajstić information content (AvgIpc) is 2.98. The number of benzene rings is 2. The van der Waals surface area contributed by atoms with Gasteiger partial charge in [-0.05, 0) is 43.2 Å². The summed E-state index contributed by atoms with van der Waals surface area (Å²) in [4.78, 5) is 12.4. The Balaban J connectivity index is 2.19. The fourth-order valence-electron chi connectivity index (χ4n) is 2.64. The van der Waals surface area contributed by atoms with Crippen LogP contribution in [0.1, 0.15) is 19.4 Å². The molecular formula is C19H20N2O4S2. The summed E-state index contributed by atoms with van der Waals surface area (Å²) < 4.78 is 36.9. The monoisotopic (exact) mass is 404 g/mol. The predicted octanol–water partition coefficient (Wildman–Crippen LogP) is 3.12. The van der Waals surface area contributed by atoms with Crippen molar-refractivity contribution in [1.29, 1.82) is 0 Å². The first-order chi connectivity index (χ1) is 12.9. The van der Waals surface area contributed by atoms with Crippen LogP contribution in [0, 0.1) is 0 Å². The number of rotatable bonds is 6. The number of sulfonamides is 1. The van der Waals surface area contributed by atoms with Gasteiger partial charge in [-0.3, -0.25) is 4.79 Å². The molecule has 0 bridgehead atoms. The SMILES string of the molecule is CCOC(=O)Cn1c(=NS(=O)(=O)c2ccccc2)sc2cc(CC)ccc21. The Labute approximate surface area is 161 Å². The summed E-state index contributed by atoms with van der Waals surface area (Å²) in [5, 5.41) is 0. The van der Waals surface area contributed by atoms with Crippen LogP contribution in [0.4, 0.5) is 0 Å². The van der Waals surface area contributed by atoms with Crippen LogP contribution in [0.3, 0.4) is 0 Å². The molecule has 0 N–H and O–H groups in total. The van der Waals surface area contributed by atoms with E-state index >= 15 is 0 Å². The van der Waals surface area contributed by atoms with E-state index in [4.69, 9.17) is 4.74 Å². The maximum absolute atomic E-state index is 12.7. The largest absolute Gasteiger partial charge is 0.465 e. The third-order valence-corrected chi connectivity index (χ3v) is 6.43. The number of fused-ring (bicyclic) bond motifs is 1. The number of hydrogen-bond donors (Lipinski definition) is 0. The predicted molar refractivity (Wildman–Crippen MR) is 105 cm³/mol. The molecule has 0 amide bonds. The average molecular weight is 405 g/mol. The summed E-state index contributed by atoms with van der Waals surface area (Å²) in [5.41, 5.74) is 1.89. The van der Waals surface area contributed by atoms with Gasteiger partial charge < -0.3 is 9.30 Å². The number of hydrogen-bond acceptors (Lipinski definition) is 5. The van der Waals surface area contributed by atoms with Crippen molar-refractivity contribution < 1.29 is 17.9 Å². The van der Waals surface area contributed by atoms with Gasteiger partial charge in [-0.1, -0.05) is 42.5 Å². The zero-order chi connectivity index (χ0) is 19.4. The molecule has 0 radical (unpaired) electrons. The maximum atomic E-state index is 12.7. The number of carbonyl (C=O) groups excluding carboxylic acids is 1. The summed E-state index contributed by atoms with van der Waals surface area (Å²) in [7, 11) is -3.88. The van der Waals surface area contributed by atoms with E-state index in [-0.39, 0.29) is 22.8 Å². The van der Waals surface area contributed by atoms with Crippen molar-refractivity contribution in [2.24, 2.45) is 4.40 Å². The van der Waals surface area contributed by atoms with Crippen LogP contribution >= 0.6 is 11.3 Å². The quantitative estimate of drug-likeness (QED) is 0.592. The first kappa shape index (κ1) is 19.3. The lowest BCUT2D eigenvalue weighted by molar-refractivity contribution is -0.143. The summed E-state index contributed by atoms with van der Waals surface area (Å²) in [6.07, 6.45) is 0.862. The molecule has 0 atom stereocenters. The number of aromatic nitrogens is 1. The zero-order valence-electron chi connectivity index (χ0n) is 15.1. The molecule has 6 nitrogen and oxygen atoms in total. The first-order valence-electron chi connectivity index (χ1n) is 8.58. The second-order valence-corrected chi connectivity index (χ2v) is 8.42. The van der Waals surface area contributed by atoms with Gasteiger partial charge in [0.05, 0.1) is 21.7 Å². The fraction of sp³-hybridized carbons (Fsp3) is 0.263. The van der Waals surface area contributed by atoms with Crippen LogP contribution < -0.4 is 4.80 Å². The minimum Gasteiger partial charge on any atom is -0.465 e. The van der Waals surface area contributed by atoms with E-state index in [1.54, 1.807) is 29.7 Å². The molecule has 3 rings (SSSR count). The standard InChI is InChI=1S/C19H20N2O4S2/c1-3-14-10-11-16-17(12-14)26-19(21(16)13-18(22)25-4-2)20-27(23,24)15-8-6-5-7-9-15/h5-12H,3-4,13H2,1-2H3. The molecule has 0 saturated carbocycles. The minimum absolute atomic E-state index is 0.0948. The molecule has 142 valence electrons. The van der Waals surface area contributed by atoms with Gasteiger partial charge >= 0.3 is 5.97 Å². The Bertz CT molecular complexity index is 1130. The highest BCUT2D eigenvalue weighted by Crippen LogP contribution is 2.21. The van der Waals surface area contributed by atoms with Crippen LogP contribution in [0.15, 0.2) is 57.8 Å². The van der Waals surface area contributed by atoms with Gasteiger partial charge in [0.25, 0.3) is 10.0 Å². The smallest absolute Gasteiger partial charge is 0.326 e. The molecule has 0 saturated heterocycles. The third kappa shape index (κ3) is 4.28. The molecule has 0 aliphatic rings. The lowest BCUT2D eigenvalue weighted by atomic mass is 10.2. The normalized spacial score (nSPS) is 12.4. The topological polar surface area (TPSA) is 77.7 Å². The highest BCUT2D eigenvalue weighted by atomic mass is 32.2. The van der Waals surface area contributed by atoms with E-state index in [9.17, 15) is 13.2 Å². The molecule has 27 heavy (non-hydrogen) atoms. The molecular weight excluding hydrogens is 384 g/mol. The number of nitrogens with zero attached hydrogens (tertiary/aromatic N) is 2. The number of aryl methyl sites for hydroxylation is 1. The molecule has 0 aliphatic heterocycles. The third-order valence-electron chi connectivity index (χ3n) is 3.99. The number of esters is 1. The van der Waals surface area contributed by atoms with Crippen molar-refractivity contribution in [3.05, 3.63) is 58.9 Å². The zero-order valence-corrected chi connectivity index (χ0v) is 16.7. The van der Waals surface area contributed by atoms with Gasteiger partial charge in [0.15, 0.2) is 0 Å². The van der Waals surface area contributed by atoms with Crippen LogP contribution in [0.5, 0.6) is 0 Å². The van der Waals surface area contributed by atoms with Crippen LogP contribution in [-0.4, -0.2) is 25.6 Å². The summed E-state index contributed by atoms with van der Waals surface area (Å²) >= 11 is 1.24. The first-order valence-corrected chi connectivity index (χ1v) is 10.8. The van der Waals surface area contributed by atoms with Crippen LogP contribution in [-0.2, 0) is 32.5 Å². The van der Waals surface area contributed by atoms with Gasteiger partial charge in [0.1, 0.15) is 6.54 Å². The van der Waals surface area contributed by atoms with Gasteiger partial charge in [-0.25, -0.2) is 0 Å². The Kier molecular flexibility index (Phi) is 5.76. The molecule has 0 fully saturated rings. The van der Waals surface area contributed by atoms with Crippen molar-refractivity contribution in [2.45, 2.75) is 31.7 Å².